The van der Waals surface area contributed by atoms with Gasteiger partial charge in [-0.3, -0.25) is 4.79 Å². The van der Waals surface area contributed by atoms with Crippen LogP contribution in [0.3, 0.4) is 0 Å². The zero-order valence-corrected chi connectivity index (χ0v) is 14.6. The molecule has 3 heterocycles. The van der Waals surface area contributed by atoms with Gasteiger partial charge in [-0.1, -0.05) is 12.1 Å². The summed E-state index contributed by atoms with van der Waals surface area (Å²) in [6.45, 7) is 4.29. The predicted octanol–water partition coefficient (Wildman–Crippen LogP) is 3.54. The second-order valence-corrected chi connectivity index (χ2v) is 7.68. The van der Waals surface area contributed by atoms with Crippen LogP contribution >= 0.6 is 11.3 Å². The van der Waals surface area contributed by atoms with Gasteiger partial charge in [0.1, 0.15) is 0 Å². The summed E-state index contributed by atoms with van der Waals surface area (Å²) < 4.78 is 6.16. The quantitative estimate of drug-likeness (QED) is 0.927. The molecule has 1 N–H and O–H groups in total. The molecule has 0 radical (unpaired) electrons. The standard InChI is InChI=1S/C19H22N2O2S/c1-14-3-2-4-16(9-14)20-17-10-19(23-11-17)6-7-21(13-19)18(22)15-5-8-24-12-15/h2-5,8-9,12,17,20H,6-7,10-11,13H2,1H3. The highest BCUT2D eigenvalue weighted by atomic mass is 32.1. The largest absolute Gasteiger partial charge is 0.380 e. The molecule has 4 nitrogen and oxygen atoms in total. The Morgan fingerprint density at radius 1 is 1.42 bits per heavy atom. The van der Waals surface area contributed by atoms with Gasteiger partial charge in [-0.25, -0.2) is 0 Å². The topological polar surface area (TPSA) is 41.6 Å². The third-order valence-corrected chi connectivity index (χ3v) is 5.65. The number of anilines is 1. The first-order valence-corrected chi connectivity index (χ1v) is 9.37. The van der Waals surface area contributed by atoms with Crippen molar-refractivity contribution >= 4 is 22.9 Å². The molecule has 24 heavy (non-hydrogen) atoms. The van der Waals surface area contributed by atoms with Gasteiger partial charge >= 0.3 is 0 Å². The van der Waals surface area contributed by atoms with Crippen LogP contribution in [0.4, 0.5) is 5.69 Å². The number of carbonyl (C=O) groups excluding carboxylic acids is 1. The summed E-state index contributed by atoms with van der Waals surface area (Å²) in [4.78, 5) is 14.5. The average molecular weight is 342 g/mol. The summed E-state index contributed by atoms with van der Waals surface area (Å²) in [5.41, 5.74) is 3.02. The van der Waals surface area contributed by atoms with Crippen molar-refractivity contribution in [3.63, 3.8) is 0 Å². The van der Waals surface area contributed by atoms with Gasteiger partial charge in [-0.15, -0.1) is 0 Å². The molecule has 2 aliphatic heterocycles. The molecule has 4 rings (SSSR count). The number of ether oxygens (including phenoxy) is 1. The van der Waals surface area contributed by atoms with Crippen LogP contribution in [-0.4, -0.2) is 42.1 Å². The highest BCUT2D eigenvalue weighted by Crippen LogP contribution is 2.36. The molecule has 2 unspecified atom stereocenters. The van der Waals surface area contributed by atoms with E-state index in [1.807, 2.05) is 21.7 Å². The first-order valence-electron chi connectivity index (χ1n) is 8.42. The van der Waals surface area contributed by atoms with Crippen molar-refractivity contribution < 1.29 is 9.53 Å². The number of hydrogen-bond acceptors (Lipinski definition) is 4. The molecule has 126 valence electrons. The predicted molar refractivity (Wildman–Crippen MR) is 96.7 cm³/mol. The van der Waals surface area contributed by atoms with Gasteiger partial charge in [0.05, 0.1) is 30.4 Å². The Bertz CT molecular complexity index is 731. The summed E-state index contributed by atoms with van der Waals surface area (Å²) in [5, 5.41) is 7.45. The van der Waals surface area contributed by atoms with Crippen molar-refractivity contribution in [1.29, 1.82) is 0 Å². The molecule has 1 aromatic heterocycles. The number of hydrogen-bond donors (Lipinski definition) is 1. The van der Waals surface area contributed by atoms with Gasteiger partial charge < -0.3 is 15.0 Å². The highest BCUT2D eigenvalue weighted by molar-refractivity contribution is 7.08. The fourth-order valence-corrected chi connectivity index (χ4v) is 4.41. The van der Waals surface area contributed by atoms with E-state index in [2.05, 4.69) is 36.5 Å². The van der Waals surface area contributed by atoms with Crippen LogP contribution < -0.4 is 5.32 Å². The number of thiophene rings is 1. The number of nitrogens with zero attached hydrogens (tertiary/aromatic N) is 1. The Labute approximate surface area is 146 Å². The lowest BCUT2D eigenvalue weighted by Gasteiger charge is -2.23. The van der Waals surface area contributed by atoms with Gasteiger partial charge in [0.15, 0.2) is 0 Å². The summed E-state index contributed by atoms with van der Waals surface area (Å²) in [6, 6.07) is 10.6. The molecule has 1 amide bonds. The number of rotatable bonds is 3. The van der Waals surface area contributed by atoms with E-state index in [9.17, 15) is 4.79 Å². The van der Waals surface area contributed by atoms with Gasteiger partial charge in [0.2, 0.25) is 0 Å². The fraction of sp³-hybridized carbons (Fsp3) is 0.421. The molecular formula is C19H22N2O2S. The van der Waals surface area contributed by atoms with Crippen molar-refractivity contribution in [2.24, 2.45) is 0 Å². The summed E-state index contributed by atoms with van der Waals surface area (Å²) >= 11 is 1.56. The van der Waals surface area contributed by atoms with Crippen molar-refractivity contribution in [2.45, 2.75) is 31.4 Å². The molecule has 2 aliphatic rings. The molecular weight excluding hydrogens is 320 g/mol. The van der Waals surface area contributed by atoms with Gasteiger partial charge in [-0.05, 0) is 42.5 Å². The van der Waals surface area contributed by atoms with E-state index < -0.39 is 0 Å². The number of benzene rings is 1. The van der Waals surface area contributed by atoms with Crippen LogP contribution in [0, 0.1) is 6.92 Å². The molecule has 2 atom stereocenters. The van der Waals surface area contributed by atoms with E-state index >= 15 is 0 Å². The van der Waals surface area contributed by atoms with Crippen molar-refractivity contribution in [3.05, 3.63) is 52.2 Å². The lowest BCUT2D eigenvalue weighted by molar-refractivity contribution is 0.0125. The molecule has 5 heteroatoms. The Kier molecular flexibility index (Phi) is 4.06. The smallest absolute Gasteiger partial charge is 0.254 e. The number of carbonyl (C=O) groups is 1. The normalized spacial score (nSPS) is 26.2. The van der Waals surface area contributed by atoms with E-state index in [-0.39, 0.29) is 11.5 Å². The molecule has 2 saturated heterocycles. The molecule has 0 bridgehead atoms. The molecule has 2 aromatic rings. The Balaban J connectivity index is 1.39. The Morgan fingerprint density at radius 3 is 3.12 bits per heavy atom. The summed E-state index contributed by atoms with van der Waals surface area (Å²) in [7, 11) is 0. The maximum absolute atomic E-state index is 12.5. The molecule has 1 spiro atoms. The minimum atomic E-state index is -0.173. The minimum Gasteiger partial charge on any atom is -0.380 e. The van der Waals surface area contributed by atoms with Crippen LogP contribution in [0.2, 0.25) is 0 Å². The number of nitrogens with one attached hydrogen (secondary N) is 1. The van der Waals surface area contributed by atoms with Crippen molar-refractivity contribution in [1.82, 2.24) is 4.90 Å². The zero-order chi connectivity index (χ0) is 16.6. The summed E-state index contributed by atoms with van der Waals surface area (Å²) in [6.07, 6.45) is 1.88. The number of likely N-dealkylation sites (tertiary alicyclic amines) is 1. The lowest BCUT2D eigenvalue weighted by atomic mass is 9.97. The molecule has 2 fully saturated rings. The van der Waals surface area contributed by atoms with E-state index in [0.717, 1.165) is 30.6 Å². The van der Waals surface area contributed by atoms with Crippen LogP contribution in [-0.2, 0) is 4.74 Å². The lowest BCUT2D eigenvalue weighted by Crippen LogP contribution is -2.36. The zero-order valence-electron chi connectivity index (χ0n) is 13.8. The van der Waals surface area contributed by atoms with Gasteiger partial charge in [0.25, 0.3) is 5.91 Å². The van der Waals surface area contributed by atoms with E-state index in [1.54, 1.807) is 11.3 Å². The maximum Gasteiger partial charge on any atom is 0.254 e. The van der Waals surface area contributed by atoms with Gasteiger partial charge in [0, 0.05) is 24.0 Å². The Hall–Kier alpha value is -1.85. The average Bonchev–Trinajstić information content (AvgIpc) is 3.30. The van der Waals surface area contributed by atoms with Crippen LogP contribution in [0.1, 0.15) is 28.8 Å². The Morgan fingerprint density at radius 2 is 2.33 bits per heavy atom. The number of amides is 1. The minimum absolute atomic E-state index is 0.131. The van der Waals surface area contributed by atoms with E-state index in [0.29, 0.717) is 19.2 Å². The van der Waals surface area contributed by atoms with Gasteiger partial charge in [-0.2, -0.15) is 11.3 Å². The first-order chi connectivity index (χ1) is 11.6. The van der Waals surface area contributed by atoms with E-state index in [1.165, 1.54) is 5.56 Å². The molecule has 0 aliphatic carbocycles. The fourth-order valence-electron chi connectivity index (χ4n) is 3.78. The second kappa shape index (κ2) is 6.22. The van der Waals surface area contributed by atoms with Crippen LogP contribution in [0.25, 0.3) is 0 Å². The monoisotopic (exact) mass is 342 g/mol. The highest BCUT2D eigenvalue weighted by Gasteiger charge is 2.46. The molecule has 1 aromatic carbocycles. The maximum atomic E-state index is 12.5. The first kappa shape index (κ1) is 15.7. The second-order valence-electron chi connectivity index (χ2n) is 6.90. The van der Waals surface area contributed by atoms with Crippen LogP contribution in [0.15, 0.2) is 41.1 Å². The third-order valence-electron chi connectivity index (χ3n) is 4.97. The van der Waals surface area contributed by atoms with Crippen molar-refractivity contribution in [3.8, 4) is 0 Å². The van der Waals surface area contributed by atoms with E-state index in [4.69, 9.17) is 4.74 Å². The third kappa shape index (κ3) is 3.06. The van der Waals surface area contributed by atoms with Crippen molar-refractivity contribution in [2.75, 3.05) is 25.0 Å². The summed E-state index contributed by atoms with van der Waals surface area (Å²) in [5.74, 6) is 0.131. The number of aryl methyl sites for hydroxylation is 1. The molecule has 0 saturated carbocycles. The SMILES string of the molecule is Cc1cccc(NC2COC3(CCN(C(=O)c4ccsc4)C3)C2)c1. The van der Waals surface area contributed by atoms with Crippen LogP contribution in [0.5, 0.6) is 0 Å².